The van der Waals surface area contributed by atoms with Crippen molar-refractivity contribution in [3.8, 4) is 0 Å². The minimum absolute atomic E-state index is 0.0733. The maximum absolute atomic E-state index is 14.0. The summed E-state index contributed by atoms with van der Waals surface area (Å²) in [5.74, 6) is -1.09. The average Bonchev–Trinajstić information content (AvgIpc) is 3.20. The smallest absolute Gasteiger partial charge is 0.341 e. The molecule has 0 bridgehead atoms. The number of fused-ring (bicyclic) bond motifs is 1. The number of thiophene rings is 1. The molecule has 194 valence electrons. The van der Waals surface area contributed by atoms with Crippen molar-refractivity contribution in [3.63, 3.8) is 0 Å². The molecule has 0 saturated carbocycles. The number of carbonyl (C=O) groups excluding carboxylic acids is 3. The number of nitrogens with one attached hydrogen (secondary N) is 2. The molecular weight excluding hydrogens is 484 g/mol. The highest BCUT2D eigenvalue weighted by Crippen LogP contribution is 2.47. The molecule has 0 radical (unpaired) electrons. The zero-order chi connectivity index (χ0) is 26.3. The molecule has 0 fully saturated rings. The lowest BCUT2D eigenvalue weighted by molar-refractivity contribution is -0.118. The second-order valence-electron chi connectivity index (χ2n) is 10.9. The van der Waals surface area contributed by atoms with Gasteiger partial charge in [-0.2, -0.15) is 0 Å². The lowest BCUT2D eigenvalue weighted by atomic mass is 9.68. The van der Waals surface area contributed by atoms with Crippen LogP contribution in [0.4, 0.5) is 5.00 Å². The first kappa shape index (κ1) is 25.5. The Bertz CT molecular complexity index is 1330. The molecule has 6 nitrogen and oxygen atoms in total. The Morgan fingerprint density at radius 2 is 1.86 bits per heavy atom. The highest BCUT2D eigenvalue weighted by Gasteiger charge is 2.43. The second-order valence-corrected chi connectivity index (χ2v) is 12.0. The second kappa shape index (κ2) is 9.93. The Kier molecular flexibility index (Phi) is 6.84. The number of allylic oxidation sites excluding steroid dienone is 3. The molecule has 2 aliphatic carbocycles. The van der Waals surface area contributed by atoms with Crippen LogP contribution >= 0.6 is 11.3 Å². The summed E-state index contributed by atoms with van der Waals surface area (Å²) < 4.78 is 5.38. The summed E-state index contributed by atoms with van der Waals surface area (Å²) >= 11 is 1.48. The van der Waals surface area contributed by atoms with Gasteiger partial charge in [0, 0.05) is 39.8 Å². The predicted octanol–water partition coefficient (Wildman–Crippen LogP) is 6.05. The number of hydrogen-bond donors (Lipinski definition) is 2. The molecule has 0 saturated heterocycles. The third kappa shape index (κ3) is 4.77. The van der Waals surface area contributed by atoms with Crippen molar-refractivity contribution in [2.24, 2.45) is 5.41 Å². The number of dihydropyridines is 1. The molecule has 3 aliphatic rings. The fraction of sp³-hybridized carbons (Fsp3) is 0.433. The van der Waals surface area contributed by atoms with Crippen LogP contribution < -0.4 is 10.6 Å². The van der Waals surface area contributed by atoms with Crippen molar-refractivity contribution >= 4 is 34.0 Å². The molecule has 2 N–H and O–H groups in total. The van der Waals surface area contributed by atoms with Gasteiger partial charge in [-0.25, -0.2) is 4.79 Å². The number of ether oxygens (including phenoxy) is 1. The van der Waals surface area contributed by atoms with Crippen molar-refractivity contribution in [3.05, 3.63) is 74.4 Å². The SMILES string of the molecule is CCOC(=O)c1c(NC(=O)C2=C(C)NC3=C(C(=O)CC(C)(C)C3)[C@H]2c2ccccc2)sc2c1CCCC2. The van der Waals surface area contributed by atoms with Gasteiger partial charge in [0.15, 0.2) is 5.78 Å². The monoisotopic (exact) mass is 518 g/mol. The van der Waals surface area contributed by atoms with Crippen molar-refractivity contribution in [1.29, 1.82) is 0 Å². The highest BCUT2D eigenvalue weighted by molar-refractivity contribution is 7.17. The largest absolute Gasteiger partial charge is 0.462 e. The summed E-state index contributed by atoms with van der Waals surface area (Å²) in [6.07, 6.45) is 4.99. The summed E-state index contributed by atoms with van der Waals surface area (Å²) in [7, 11) is 0. The van der Waals surface area contributed by atoms with Gasteiger partial charge in [-0.15, -0.1) is 11.3 Å². The van der Waals surface area contributed by atoms with E-state index in [0.717, 1.165) is 59.5 Å². The molecule has 2 aromatic rings. The first-order valence-electron chi connectivity index (χ1n) is 13.1. The lowest BCUT2D eigenvalue weighted by Gasteiger charge is -2.39. The van der Waals surface area contributed by atoms with E-state index in [1.165, 1.54) is 11.3 Å². The van der Waals surface area contributed by atoms with Gasteiger partial charge in [0.2, 0.25) is 0 Å². The Morgan fingerprint density at radius 1 is 1.14 bits per heavy atom. The first-order chi connectivity index (χ1) is 17.7. The predicted molar refractivity (Wildman–Crippen MR) is 146 cm³/mol. The van der Waals surface area contributed by atoms with Crippen LogP contribution in [0.3, 0.4) is 0 Å². The lowest BCUT2D eigenvalue weighted by Crippen LogP contribution is -2.39. The summed E-state index contributed by atoms with van der Waals surface area (Å²) in [6.45, 7) is 8.16. The van der Waals surface area contributed by atoms with E-state index in [9.17, 15) is 14.4 Å². The van der Waals surface area contributed by atoms with Gasteiger partial charge in [0.1, 0.15) is 5.00 Å². The van der Waals surface area contributed by atoms with E-state index in [-0.39, 0.29) is 29.7 Å². The summed E-state index contributed by atoms with van der Waals surface area (Å²) in [5.41, 5.74) is 5.09. The molecular formula is C30H34N2O4S. The number of esters is 1. The third-order valence-corrected chi connectivity index (χ3v) is 8.70. The van der Waals surface area contributed by atoms with Crippen LogP contribution in [0, 0.1) is 5.41 Å². The fourth-order valence-electron chi connectivity index (χ4n) is 5.96. The van der Waals surface area contributed by atoms with Crippen molar-refractivity contribution in [2.75, 3.05) is 11.9 Å². The number of rotatable bonds is 5. The van der Waals surface area contributed by atoms with E-state index in [0.29, 0.717) is 28.1 Å². The van der Waals surface area contributed by atoms with Gasteiger partial charge in [-0.1, -0.05) is 44.2 Å². The Labute approximate surface area is 222 Å². The van der Waals surface area contributed by atoms with Crippen LogP contribution in [0.5, 0.6) is 0 Å². The molecule has 2 heterocycles. The third-order valence-electron chi connectivity index (χ3n) is 7.50. The number of amides is 1. The van der Waals surface area contributed by atoms with Crippen LogP contribution in [0.25, 0.3) is 0 Å². The quantitative estimate of drug-likeness (QED) is 0.471. The number of anilines is 1. The number of hydrogen-bond acceptors (Lipinski definition) is 6. The minimum atomic E-state index is -0.471. The molecule has 7 heteroatoms. The highest BCUT2D eigenvalue weighted by atomic mass is 32.1. The number of Topliss-reactive ketones (excluding diaryl/α,β-unsaturated/α-hetero) is 1. The van der Waals surface area contributed by atoms with Gasteiger partial charge >= 0.3 is 5.97 Å². The fourth-order valence-corrected chi connectivity index (χ4v) is 7.23. The van der Waals surface area contributed by atoms with Gasteiger partial charge in [-0.05, 0) is 62.5 Å². The molecule has 5 rings (SSSR count). The molecule has 1 atom stereocenters. The summed E-state index contributed by atoms with van der Waals surface area (Å²) in [5, 5.41) is 7.04. The maximum atomic E-state index is 14.0. The van der Waals surface area contributed by atoms with E-state index in [4.69, 9.17) is 4.74 Å². The van der Waals surface area contributed by atoms with Gasteiger partial charge < -0.3 is 15.4 Å². The Hall–Kier alpha value is -3.19. The van der Waals surface area contributed by atoms with Crippen molar-refractivity contribution in [2.45, 2.75) is 72.1 Å². The molecule has 1 aromatic carbocycles. The number of ketones is 1. The van der Waals surface area contributed by atoms with Gasteiger partial charge in [-0.3, -0.25) is 9.59 Å². The zero-order valence-electron chi connectivity index (χ0n) is 22.0. The van der Waals surface area contributed by atoms with Gasteiger partial charge in [0.25, 0.3) is 5.91 Å². The first-order valence-corrected chi connectivity index (χ1v) is 13.9. The van der Waals surface area contributed by atoms with E-state index in [2.05, 4.69) is 24.5 Å². The zero-order valence-corrected chi connectivity index (χ0v) is 22.8. The van der Waals surface area contributed by atoms with E-state index >= 15 is 0 Å². The molecule has 0 spiro atoms. The summed E-state index contributed by atoms with van der Waals surface area (Å²) in [4.78, 5) is 41.6. The Morgan fingerprint density at radius 3 is 2.59 bits per heavy atom. The average molecular weight is 519 g/mol. The van der Waals surface area contributed by atoms with Crippen LogP contribution in [-0.2, 0) is 27.2 Å². The summed E-state index contributed by atoms with van der Waals surface area (Å²) in [6, 6.07) is 9.76. The topological polar surface area (TPSA) is 84.5 Å². The van der Waals surface area contributed by atoms with E-state index in [1.54, 1.807) is 6.92 Å². The standard InChI is InChI=1S/C30H34N2O4S/c1-5-36-29(35)25-19-13-9-10-14-22(19)37-28(25)32-27(34)23-17(2)31-20-15-30(3,4)16-21(33)26(20)24(23)18-11-7-6-8-12-18/h6-8,11-12,24,31H,5,9-10,13-16H2,1-4H3,(H,32,34)/t24-/m0/s1. The van der Waals surface area contributed by atoms with Gasteiger partial charge in [0.05, 0.1) is 12.2 Å². The molecule has 0 unspecified atom stereocenters. The molecule has 1 aromatic heterocycles. The number of benzene rings is 1. The Balaban J connectivity index is 1.57. The molecule has 37 heavy (non-hydrogen) atoms. The van der Waals surface area contributed by atoms with Crippen LogP contribution in [0.2, 0.25) is 0 Å². The molecule has 1 amide bonds. The van der Waals surface area contributed by atoms with Crippen LogP contribution in [0.15, 0.2) is 52.9 Å². The normalized spacial score (nSPS) is 20.6. The van der Waals surface area contributed by atoms with Crippen molar-refractivity contribution < 1.29 is 19.1 Å². The van der Waals surface area contributed by atoms with Crippen molar-refractivity contribution in [1.82, 2.24) is 5.32 Å². The van der Waals surface area contributed by atoms with Crippen LogP contribution in [0.1, 0.15) is 85.7 Å². The molecule has 1 aliphatic heterocycles. The maximum Gasteiger partial charge on any atom is 0.341 e. The van der Waals surface area contributed by atoms with Crippen LogP contribution in [-0.4, -0.2) is 24.3 Å². The van der Waals surface area contributed by atoms with E-state index in [1.807, 2.05) is 37.3 Å². The number of aryl methyl sites for hydroxylation is 1. The van der Waals surface area contributed by atoms with E-state index < -0.39 is 5.92 Å². The number of carbonyl (C=O) groups is 3. The minimum Gasteiger partial charge on any atom is -0.462 e.